The van der Waals surface area contributed by atoms with Gasteiger partial charge in [-0.1, -0.05) is 30.3 Å². The number of nitrogens with zero attached hydrogens (tertiary/aromatic N) is 1. The number of benzene rings is 4. The number of aromatic nitrogens is 1. The summed E-state index contributed by atoms with van der Waals surface area (Å²) < 4.78 is 5.37. The first-order valence-electron chi connectivity index (χ1n) is 9.71. The third-order valence-corrected chi connectivity index (χ3v) is 6.17. The Morgan fingerprint density at radius 1 is 0.893 bits per heavy atom. The van der Waals surface area contributed by atoms with Crippen molar-refractivity contribution in [3.8, 4) is 11.5 Å². The molecule has 0 unspecified atom stereocenters. The predicted molar refractivity (Wildman–Crippen MR) is 115 cm³/mol. The van der Waals surface area contributed by atoms with E-state index in [2.05, 4.69) is 36.4 Å². The molecule has 5 aromatic rings. The van der Waals surface area contributed by atoms with Gasteiger partial charge in [-0.25, -0.2) is 0 Å². The van der Waals surface area contributed by atoms with E-state index in [0.29, 0.717) is 5.75 Å². The number of rotatable bonds is 1. The summed E-state index contributed by atoms with van der Waals surface area (Å²) in [6, 6.07) is 16.8. The number of hydrogen-bond donors (Lipinski definition) is 1. The van der Waals surface area contributed by atoms with Gasteiger partial charge in [-0.3, -0.25) is 4.98 Å². The second-order valence-corrected chi connectivity index (χ2v) is 7.62. The lowest BCUT2D eigenvalue weighted by atomic mass is 9.83. The highest BCUT2D eigenvalue weighted by Crippen LogP contribution is 2.45. The van der Waals surface area contributed by atoms with Crippen LogP contribution in [0, 0.1) is 0 Å². The Bertz CT molecular complexity index is 1440. The third kappa shape index (κ3) is 1.96. The topological polar surface area (TPSA) is 42.4 Å². The zero-order valence-electron chi connectivity index (χ0n) is 15.6. The van der Waals surface area contributed by atoms with Crippen molar-refractivity contribution >= 4 is 43.2 Å². The minimum Gasteiger partial charge on any atom is -0.504 e. The van der Waals surface area contributed by atoms with Gasteiger partial charge in [0.15, 0.2) is 11.5 Å². The monoisotopic (exact) mass is 365 g/mol. The van der Waals surface area contributed by atoms with Crippen molar-refractivity contribution in [3.63, 3.8) is 0 Å². The van der Waals surface area contributed by atoms with Crippen LogP contribution in [0.3, 0.4) is 0 Å². The van der Waals surface area contributed by atoms with Crippen LogP contribution >= 0.6 is 0 Å². The Kier molecular flexibility index (Phi) is 3.13. The molecule has 0 fully saturated rings. The molecule has 1 aliphatic rings. The first kappa shape index (κ1) is 15.7. The van der Waals surface area contributed by atoms with Gasteiger partial charge >= 0.3 is 0 Å². The quantitative estimate of drug-likeness (QED) is 0.297. The van der Waals surface area contributed by atoms with Crippen LogP contribution in [0.25, 0.3) is 43.2 Å². The highest BCUT2D eigenvalue weighted by molar-refractivity contribution is 6.20. The number of ether oxygens (including phenoxy) is 1. The van der Waals surface area contributed by atoms with Crippen molar-refractivity contribution in [3.05, 3.63) is 65.9 Å². The zero-order chi connectivity index (χ0) is 18.8. The summed E-state index contributed by atoms with van der Waals surface area (Å²) in [7, 11) is 1.60. The minimum atomic E-state index is 0.247. The molecule has 1 N–H and O–H groups in total. The average Bonchev–Trinajstić information content (AvgIpc) is 2.74. The van der Waals surface area contributed by atoms with E-state index in [1.165, 1.54) is 38.1 Å². The molecule has 6 rings (SSSR count). The fourth-order valence-corrected chi connectivity index (χ4v) is 4.95. The molecule has 0 saturated carbocycles. The number of methoxy groups -OCH3 is 1. The lowest BCUT2D eigenvalue weighted by molar-refractivity contribution is 0.376. The summed E-state index contributed by atoms with van der Waals surface area (Å²) in [5.74, 6) is 0.774. The van der Waals surface area contributed by atoms with Crippen LogP contribution in [0.5, 0.6) is 11.5 Å². The van der Waals surface area contributed by atoms with Crippen LogP contribution < -0.4 is 4.74 Å². The van der Waals surface area contributed by atoms with E-state index < -0.39 is 0 Å². The second-order valence-electron chi connectivity index (χ2n) is 7.62. The highest BCUT2D eigenvalue weighted by Gasteiger charge is 2.22. The molecule has 1 heterocycles. The lowest BCUT2D eigenvalue weighted by Gasteiger charge is -2.22. The normalized spacial score (nSPS) is 13.6. The summed E-state index contributed by atoms with van der Waals surface area (Å²) in [5, 5.41) is 18.9. The molecule has 3 nitrogen and oxygen atoms in total. The largest absolute Gasteiger partial charge is 0.504 e. The van der Waals surface area contributed by atoms with E-state index in [9.17, 15) is 5.11 Å². The molecule has 28 heavy (non-hydrogen) atoms. The van der Waals surface area contributed by atoms with E-state index in [-0.39, 0.29) is 5.75 Å². The van der Waals surface area contributed by atoms with Crippen molar-refractivity contribution in [2.24, 2.45) is 0 Å². The number of pyridine rings is 1. The maximum atomic E-state index is 10.8. The minimum absolute atomic E-state index is 0.247. The van der Waals surface area contributed by atoms with Crippen molar-refractivity contribution in [1.82, 2.24) is 4.98 Å². The number of fused-ring (bicyclic) bond motifs is 6. The smallest absolute Gasteiger partial charge is 0.165 e. The van der Waals surface area contributed by atoms with E-state index in [1.807, 2.05) is 18.3 Å². The molecule has 0 saturated heterocycles. The Hall–Kier alpha value is -3.33. The first-order chi connectivity index (χ1) is 13.8. The molecule has 0 amide bonds. The summed E-state index contributed by atoms with van der Waals surface area (Å²) in [6.07, 6.45) is 5.07. The summed E-state index contributed by atoms with van der Waals surface area (Å²) in [4.78, 5) is 4.85. The van der Waals surface area contributed by atoms with Crippen LogP contribution in [0.1, 0.15) is 17.5 Å². The molecule has 0 radical (unpaired) electrons. The van der Waals surface area contributed by atoms with Gasteiger partial charge in [0.1, 0.15) is 0 Å². The molecular formula is C25H19NO2. The van der Waals surface area contributed by atoms with Gasteiger partial charge in [0.2, 0.25) is 0 Å². The van der Waals surface area contributed by atoms with E-state index in [1.54, 1.807) is 7.11 Å². The standard InChI is InChI=1S/C25H19NO2/c1-28-21-10-9-15-12-20-22-14(6-4-8-18(22)23(15)25(21)27)11-19-17-7-3-2-5-16(17)13-26-24(19)20/h2-3,5,7,9-13,27H,4,6,8H2,1H3. The van der Waals surface area contributed by atoms with Gasteiger partial charge in [-0.2, -0.15) is 0 Å². The Morgan fingerprint density at radius 3 is 2.68 bits per heavy atom. The summed E-state index contributed by atoms with van der Waals surface area (Å²) in [6.45, 7) is 0. The Labute approximate surface area is 162 Å². The van der Waals surface area contributed by atoms with E-state index >= 15 is 0 Å². The predicted octanol–water partition coefficient (Wildman–Crippen LogP) is 5.90. The maximum Gasteiger partial charge on any atom is 0.165 e. The van der Waals surface area contributed by atoms with Crippen LogP contribution in [-0.2, 0) is 12.8 Å². The lowest BCUT2D eigenvalue weighted by Crippen LogP contribution is -2.04. The van der Waals surface area contributed by atoms with Gasteiger partial charge < -0.3 is 9.84 Å². The number of aromatic hydroxyl groups is 1. The van der Waals surface area contributed by atoms with Crippen molar-refractivity contribution in [2.45, 2.75) is 19.3 Å². The molecule has 136 valence electrons. The van der Waals surface area contributed by atoms with E-state index in [0.717, 1.165) is 35.6 Å². The fourth-order valence-electron chi connectivity index (χ4n) is 4.95. The number of hydrogen-bond acceptors (Lipinski definition) is 3. The van der Waals surface area contributed by atoms with Crippen LogP contribution in [0.15, 0.2) is 54.7 Å². The Morgan fingerprint density at radius 2 is 1.79 bits per heavy atom. The molecule has 0 spiro atoms. The van der Waals surface area contributed by atoms with Gasteiger partial charge in [0, 0.05) is 27.7 Å². The average molecular weight is 365 g/mol. The van der Waals surface area contributed by atoms with Gasteiger partial charge in [0.05, 0.1) is 12.6 Å². The van der Waals surface area contributed by atoms with E-state index in [4.69, 9.17) is 9.72 Å². The fraction of sp³-hybridized carbons (Fsp3) is 0.160. The van der Waals surface area contributed by atoms with Gasteiger partial charge in [-0.05, 0) is 64.7 Å². The van der Waals surface area contributed by atoms with Gasteiger partial charge in [-0.15, -0.1) is 0 Å². The molecule has 0 bridgehead atoms. The number of phenols is 1. The second kappa shape index (κ2) is 5.59. The van der Waals surface area contributed by atoms with Crippen LogP contribution in [-0.4, -0.2) is 17.2 Å². The van der Waals surface area contributed by atoms with Crippen molar-refractivity contribution in [1.29, 1.82) is 0 Å². The third-order valence-electron chi connectivity index (χ3n) is 6.17. The Balaban J connectivity index is 1.87. The van der Waals surface area contributed by atoms with Crippen LogP contribution in [0.2, 0.25) is 0 Å². The number of aryl methyl sites for hydroxylation is 2. The molecule has 1 aromatic heterocycles. The number of phenolic OH excluding ortho intramolecular Hbond substituents is 1. The van der Waals surface area contributed by atoms with Gasteiger partial charge in [0.25, 0.3) is 0 Å². The summed E-state index contributed by atoms with van der Waals surface area (Å²) >= 11 is 0. The zero-order valence-corrected chi connectivity index (χ0v) is 15.6. The molecular weight excluding hydrogens is 346 g/mol. The molecule has 0 aliphatic heterocycles. The molecule has 0 atom stereocenters. The molecule has 4 aromatic carbocycles. The SMILES string of the molecule is COc1ccc2cc3c4c(cc5c6ccccc6cnc35)CCCc4c2c1O. The maximum absolute atomic E-state index is 10.8. The molecule has 1 aliphatic carbocycles. The first-order valence-corrected chi connectivity index (χ1v) is 9.71. The summed E-state index contributed by atoms with van der Waals surface area (Å²) in [5.41, 5.74) is 3.62. The van der Waals surface area contributed by atoms with Crippen molar-refractivity contribution in [2.75, 3.05) is 7.11 Å². The molecule has 3 heteroatoms. The van der Waals surface area contributed by atoms with Crippen molar-refractivity contribution < 1.29 is 9.84 Å². The highest BCUT2D eigenvalue weighted by atomic mass is 16.5. The van der Waals surface area contributed by atoms with Crippen LogP contribution in [0.4, 0.5) is 0 Å².